The molecule has 1 atom stereocenters. The van der Waals surface area contributed by atoms with Gasteiger partial charge in [0.1, 0.15) is 0 Å². The van der Waals surface area contributed by atoms with Crippen LogP contribution in [0.3, 0.4) is 0 Å². The highest BCUT2D eigenvalue weighted by Crippen LogP contribution is 2.24. The maximum atomic E-state index is 11.9. The van der Waals surface area contributed by atoms with E-state index in [1.54, 1.807) is 11.3 Å². The second-order valence-electron chi connectivity index (χ2n) is 3.76. The van der Waals surface area contributed by atoms with Gasteiger partial charge in [-0.2, -0.15) is 13.2 Å². The smallest absolute Gasteiger partial charge is 0.308 e. The summed E-state index contributed by atoms with van der Waals surface area (Å²) < 4.78 is 36.7. The Bertz CT molecular complexity index is 324. The number of nitrogens with one attached hydrogen (secondary N) is 1. The summed E-state index contributed by atoms with van der Waals surface area (Å²) in [6.45, 7) is 1.41. The zero-order chi connectivity index (χ0) is 12.2. The molecule has 0 fully saturated rings. The van der Waals surface area contributed by atoms with Crippen LogP contribution in [0.5, 0.6) is 0 Å². The molecule has 1 N–H and O–H groups in total. The molecule has 0 aromatic carbocycles. The Morgan fingerprint density at radius 1 is 1.44 bits per heavy atom. The van der Waals surface area contributed by atoms with Crippen LogP contribution in [-0.2, 0) is 6.42 Å². The van der Waals surface area contributed by atoms with Gasteiger partial charge in [0.2, 0.25) is 0 Å². The summed E-state index contributed by atoms with van der Waals surface area (Å²) in [4.78, 5) is 1.19. The van der Waals surface area contributed by atoms with Crippen LogP contribution in [0.25, 0.3) is 0 Å². The second-order valence-corrected chi connectivity index (χ2v) is 6.31. The molecule has 1 aromatic heterocycles. The molecule has 92 valence electrons. The quantitative estimate of drug-likeness (QED) is 0.870. The first kappa shape index (κ1) is 14.0. The predicted molar refractivity (Wildman–Crippen MR) is 63.8 cm³/mol. The monoisotopic (exact) mass is 315 g/mol. The zero-order valence-corrected chi connectivity index (χ0v) is 11.2. The van der Waals surface area contributed by atoms with E-state index < -0.39 is 12.7 Å². The van der Waals surface area contributed by atoms with Crippen molar-refractivity contribution in [1.29, 1.82) is 0 Å². The minimum absolute atomic E-state index is 0.202. The highest BCUT2D eigenvalue weighted by atomic mass is 79.9. The van der Waals surface area contributed by atoms with Gasteiger partial charge in [0.25, 0.3) is 0 Å². The summed E-state index contributed by atoms with van der Waals surface area (Å²) in [5, 5.41) is 2.42. The third-order valence-corrected chi connectivity index (χ3v) is 3.64. The van der Waals surface area contributed by atoms with Crippen LogP contribution in [0, 0.1) is 5.92 Å². The maximum Gasteiger partial charge on any atom is 0.401 e. The third kappa shape index (κ3) is 5.86. The highest BCUT2D eigenvalue weighted by molar-refractivity contribution is 9.11. The molecule has 0 spiro atoms. The van der Waals surface area contributed by atoms with Gasteiger partial charge >= 0.3 is 6.18 Å². The third-order valence-electron chi connectivity index (χ3n) is 2.00. The fourth-order valence-corrected chi connectivity index (χ4v) is 2.98. The van der Waals surface area contributed by atoms with Gasteiger partial charge in [-0.3, -0.25) is 0 Å². The van der Waals surface area contributed by atoms with Gasteiger partial charge in [0, 0.05) is 4.88 Å². The molecule has 0 amide bonds. The van der Waals surface area contributed by atoms with Crippen molar-refractivity contribution in [3.05, 3.63) is 20.8 Å². The Hall–Kier alpha value is -0.0700. The SMILES string of the molecule is CC(CNCC(F)(F)F)Cc1ccc(Br)s1. The first-order chi connectivity index (χ1) is 7.37. The van der Waals surface area contributed by atoms with E-state index in [4.69, 9.17) is 0 Å². The van der Waals surface area contributed by atoms with Gasteiger partial charge in [-0.05, 0) is 46.9 Å². The van der Waals surface area contributed by atoms with Crippen LogP contribution >= 0.6 is 27.3 Å². The molecule has 0 bridgehead atoms. The molecule has 1 unspecified atom stereocenters. The maximum absolute atomic E-state index is 11.9. The number of hydrogen-bond acceptors (Lipinski definition) is 2. The predicted octanol–water partition coefficient (Wildman–Crippen LogP) is 3.84. The standard InChI is InChI=1S/C10H13BrF3NS/c1-7(5-15-6-10(12,13)14)4-8-2-3-9(11)16-8/h2-3,7,15H,4-6H2,1H3. The number of alkyl halides is 3. The van der Waals surface area contributed by atoms with Crippen molar-refractivity contribution in [2.75, 3.05) is 13.1 Å². The van der Waals surface area contributed by atoms with Crippen LogP contribution in [0.4, 0.5) is 13.2 Å². The van der Waals surface area contributed by atoms with Gasteiger partial charge in [-0.15, -0.1) is 11.3 Å². The van der Waals surface area contributed by atoms with Gasteiger partial charge in [-0.25, -0.2) is 0 Å². The lowest BCUT2D eigenvalue weighted by molar-refractivity contribution is -0.125. The number of rotatable bonds is 5. The molecule has 16 heavy (non-hydrogen) atoms. The van der Waals surface area contributed by atoms with Crippen molar-refractivity contribution in [2.45, 2.75) is 19.5 Å². The lowest BCUT2D eigenvalue weighted by Crippen LogP contribution is -2.32. The lowest BCUT2D eigenvalue weighted by Gasteiger charge is -2.12. The van der Waals surface area contributed by atoms with Crippen LogP contribution in [0.1, 0.15) is 11.8 Å². The fourth-order valence-electron chi connectivity index (χ4n) is 1.34. The Morgan fingerprint density at radius 3 is 2.62 bits per heavy atom. The van der Waals surface area contributed by atoms with Crippen LogP contribution < -0.4 is 5.32 Å². The topological polar surface area (TPSA) is 12.0 Å². The molecule has 0 aliphatic carbocycles. The molecule has 0 radical (unpaired) electrons. The van der Waals surface area contributed by atoms with Crippen molar-refractivity contribution in [2.24, 2.45) is 5.92 Å². The molecule has 6 heteroatoms. The lowest BCUT2D eigenvalue weighted by atomic mass is 10.1. The number of halogens is 4. The van der Waals surface area contributed by atoms with Gasteiger partial charge in [0.15, 0.2) is 0 Å². The molecular formula is C10H13BrF3NS. The van der Waals surface area contributed by atoms with E-state index >= 15 is 0 Å². The fraction of sp³-hybridized carbons (Fsp3) is 0.600. The molecule has 1 aromatic rings. The van der Waals surface area contributed by atoms with E-state index in [9.17, 15) is 13.2 Å². The summed E-state index contributed by atoms with van der Waals surface area (Å²) in [5.41, 5.74) is 0. The summed E-state index contributed by atoms with van der Waals surface area (Å²) in [6.07, 6.45) is -3.31. The highest BCUT2D eigenvalue weighted by Gasteiger charge is 2.26. The molecule has 0 saturated heterocycles. The zero-order valence-electron chi connectivity index (χ0n) is 8.77. The second kappa shape index (κ2) is 6.02. The summed E-state index contributed by atoms with van der Waals surface area (Å²) >= 11 is 4.98. The van der Waals surface area contributed by atoms with Crippen LogP contribution in [0.2, 0.25) is 0 Å². The Labute approximate surface area is 105 Å². The van der Waals surface area contributed by atoms with E-state index in [-0.39, 0.29) is 5.92 Å². The molecule has 1 nitrogen and oxygen atoms in total. The molecule has 0 aliphatic rings. The number of hydrogen-bond donors (Lipinski definition) is 1. The Kier molecular flexibility index (Phi) is 5.27. The normalized spacial score (nSPS) is 14.1. The van der Waals surface area contributed by atoms with Gasteiger partial charge in [-0.1, -0.05) is 6.92 Å². The van der Waals surface area contributed by atoms with E-state index in [2.05, 4.69) is 21.2 Å². The minimum Gasteiger partial charge on any atom is -0.308 e. The Balaban J connectivity index is 2.23. The molecule has 1 rings (SSSR count). The average Bonchev–Trinajstić information content (AvgIpc) is 2.48. The molecule has 1 heterocycles. The van der Waals surface area contributed by atoms with Crippen molar-refractivity contribution < 1.29 is 13.2 Å². The van der Waals surface area contributed by atoms with E-state index in [1.165, 1.54) is 4.88 Å². The largest absolute Gasteiger partial charge is 0.401 e. The van der Waals surface area contributed by atoms with Crippen molar-refractivity contribution in [1.82, 2.24) is 5.32 Å². The molecule has 0 aliphatic heterocycles. The van der Waals surface area contributed by atoms with Crippen LogP contribution in [0.15, 0.2) is 15.9 Å². The molecular weight excluding hydrogens is 303 g/mol. The first-order valence-corrected chi connectivity index (χ1v) is 6.49. The van der Waals surface area contributed by atoms with E-state index in [0.717, 1.165) is 10.2 Å². The van der Waals surface area contributed by atoms with Crippen molar-refractivity contribution in [3.63, 3.8) is 0 Å². The molecule has 0 saturated carbocycles. The average molecular weight is 316 g/mol. The van der Waals surface area contributed by atoms with Gasteiger partial charge in [0.05, 0.1) is 10.3 Å². The van der Waals surface area contributed by atoms with Crippen molar-refractivity contribution in [3.8, 4) is 0 Å². The Morgan fingerprint density at radius 2 is 2.12 bits per heavy atom. The van der Waals surface area contributed by atoms with Crippen LogP contribution in [-0.4, -0.2) is 19.3 Å². The van der Waals surface area contributed by atoms with Crippen molar-refractivity contribution >= 4 is 27.3 Å². The van der Waals surface area contributed by atoms with E-state index in [0.29, 0.717) is 6.54 Å². The summed E-state index contributed by atoms with van der Waals surface area (Å²) in [7, 11) is 0. The first-order valence-electron chi connectivity index (χ1n) is 4.88. The van der Waals surface area contributed by atoms with Gasteiger partial charge < -0.3 is 5.32 Å². The van der Waals surface area contributed by atoms with E-state index in [1.807, 2.05) is 19.1 Å². The summed E-state index contributed by atoms with van der Waals surface area (Å²) in [5.74, 6) is 0.202. The summed E-state index contributed by atoms with van der Waals surface area (Å²) in [6, 6.07) is 3.95. The number of thiophene rings is 1. The minimum atomic E-state index is -4.12.